The van der Waals surface area contributed by atoms with Crippen LogP contribution in [0.4, 0.5) is 16.2 Å². The number of esters is 1. The Kier molecular flexibility index (Phi) is 7.98. The summed E-state index contributed by atoms with van der Waals surface area (Å²) in [7, 11) is 0. The largest absolute Gasteiger partial charge is 0.461 e. The topological polar surface area (TPSA) is 104 Å². The minimum atomic E-state index is -0.660. The predicted molar refractivity (Wildman–Crippen MR) is 111 cm³/mol. The van der Waals surface area contributed by atoms with Gasteiger partial charge in [-0.1, -0.05) is 29.8 Å². The fourth-order valence-electron chi connectivity index (χ4n) is 1.99. The molecule has 0 aliphatic rings. The lowest BCUT2D eigenvalue weighted by molar-refractivity contribution is -0.134. The van der Waals surface area contributed by atoms with Crippen molar-refractivity contribution in [3.63, 3.8) is 0 Å². The summed E-state index contributed by atoms with van der Waals surface area (Å²) in [5.41, 5.74) is 6.42. The van der Waals surface area contributed by atoms with Gasteiger partial charge in [-0.2, -0.15) is 10.2 Å². The molecule has 2 rings (SSSR count). The SMILES string of the molecule is CCOC(=O)C(=N\Nc1ccccc1)/C(C)=N/NC(=O)Nc1ccc(Cl)cc1. The van der Waals surface area contributed by atoms with Crippen molar-refractivity contribution >= 4 is 46.4 Å². The van der Waals surface area contributed by atoms with Crippen molar-refractivity contribution in [2.45, 2.75) is 13.8 Å². The predicted octanol–water partition coefficient (Wildman–Crippen LogP) is 3.87. The second-order valence-corrected chi connectivity index (χ2v) is 5.87. The molecule has 0 spiro atoms. The third kappa shape index (κ3) is 6.73. The lowest BCUT2D eigenvalue weighted by Crippen LogP contribution is -2.30. The number of para-hydroxylation sites is 1. The number of anilines is 2. The first kappa shape index (κ1) is 20.9. The zero-order valence-corrected chi connectivity index (χ0v) is 16.2. The molecule has 0 unspecified atom stereocenters. The number of halogens is 1. The van der Waals surface area contributed by atoms with Gasteiger partial charge in [-0.15, -0.1) is 0 Å². The van der Waals surface area contributed by atoms with Crippen LogP contribution >= 0.6 is 11.6 Å². The van der Waals surface area contributed by atoms with E-state index in [-0.39, 0.29) is 18.0 Å². The van der Waals surface area contributed by atoms with Crippen LogP contribution in [0.15, 0.2) is 64.8 Å². The van der Waals surface area contributed by atoms with Crippen molar-refractivity contribution in [2.75, 3.05) is 17.3 Å². The molecule has 2 aromatic carbocycles. The van der Waals surface area contributed by atoms with E-state index in [0.29, 0.717) is 16.4 Å². The lowest BCUT2D eigenvalue weighted by atomic mass is 10.2. The smallest absolute Gasteiger partial charge is 0.360 e. The molecule has 2 aromatic rings. The van der Waals surface area contributed by atoms with Crippen LogP contribution in [-0.2, 0) is 9.53 Å². The number of rotatable bonds is 7. The Hall–Kier alpha value is -3.39. The van der Waals surface area contributed by atoms with Gasteiger partial charge in [0.2, 0.25) is 0 Å². The van der Waals surface area contributed by atoms with Gasteiger partial charge in [0.1, 0.15) is 0 Å². The summed E-state index contributed by atoms with van der Waals surface area (Å²) in [6.45, 7) is 3.40. The zero-order valence-electron chi connectivity index (χ0n) is 15.4. The molecule has 146 valence electrons. The molecule has 0 aromatic heterocycles. The maximum absolute atomic E-state index is 12.2. The van der Waals surface area contributed by atoms with Crippen LogP contribution in [0.2, 0.25) is 5.02 Å². The number of hydrazone groups is 2. The maximum Gasteiger partial charge on any atom is 0.360 e. The summed E-state index contributed by atoms with van der Waals surface area (Å²) in [5.74, 6) is -0.660. The highest BCUT2D eigenvalue weighted by Gasteiger charge is 2.17. The molecule has 9 heteroatoms. The van der Waals surface area contributed by atoms with Crippen molar-refractivity contribution in [1.29, 1.82) is 0 Å². The summed E-state index contributed by atoms with van der Waals surface area (Å²) in [6, 6.07) is 15.1. The average Bonchev–Trinajstić information content (AvgIpc) is 2.69. The number of benzene rings is 2. The minimum Gasteiger partial charge on any atom is -0.461 e. The molecule has 0 saturated heterocycles. The Morgan fingerprint density at radius 2 is 1.68 bits per heavy atom. The van der Waals surface area contributed by atoms with E-state index in [1.54, 1.807) is 43.3 Å². The summed E-state index contributed by atoms with van der Waals surface area (Å²) in [5, 5.41) is 11.1. The quantitative estimate of drug-likeness (QED) is 0.372. The van der Waals surface area contributed by atoms with Gasteiger partial charge in [-0.3, -0.25) is 5.43 Å². The third-order valence-electron chi connectivity index (χ3n) is 3.31. The summed E-state index contributed by atoms with van der Waals surface area (Å²) in [6.07, 6.45) is 0. The zero-order chi connectivity index (χ0) is 20.4. The molecule has 28 heavy (non-hydrogen) atoms. The van der Waals surface area contributed by atoms with Crippen molar-refractivity contribution in [2.24, 2.45) is 10.2 Å². The van der Waals surface area contributed by atoms with Crippen LogP contribution in [0.5, 0.6) is 0 Å². The normalized spacial score (nSPS) is 11.5. The Labute approximate surface area is 167 Å². The second-order valence-electron chi connectivity index (χ2n) is 5.43. The van der Waals surface area contributed by atoms with Crippen molar-refractivity contribution in [3.05, 3.63) is 59.6 Å². The molecule has 0 aliphatic carbocycles. The fourth-order valence-corrected chi connectivity index (χ4v) is 2.11. The van der Waals surface area contributed by atoms with Crippen LogP contribution in [-0.4, -0.2) is 30.0 Å². The Bertz CT molecular complexity index is 867. The van der Waals surface area contributed by atoms with Crippen molar-refractivity contribution in [1.82, 2.24) is 5.43 Å². The number of nitrogens with zero attached hydrogens (tertiary/aromatic N) is 2. The number of urea groups is 1. The van der Waals surface area contributed by atoms with E-state index in [4.69, 9.17) is 16.3 Å². The Morgan fingerprint density at radius 1 is 1.00 bits per heavy atom. The summed E-state index contributed by atoms with van der Waals surface area (Å²) < 4.78 is 5.00. The van der Waals surface area contributed by atoms with Crippen molar-refractivity contribution in [3.8, 4) is 0 Å². The van der Waals surface area contributed by atoms with E-state index < -0.39 is 12.0 Å². The van der Waals surface area contributed by atoms with Gasteiger partial charge < -0.3 is 10.1 Å². The van der Waals surface area contributed by atoms with Crippen LogP contribution in [0.25, 0.3) is 0 Å². The van der Waals surface area contributed by atoms with E-state index in [1.165, 1.54) is 6.92 Å². The first-order valence-electron chi connectivity index (χ1n) is 8.42. The number of carbonyl (C=O) groups excluding carboxylic acids is 2. The molecule has 0 saturated carbocycles. The Balaban J connectivity index is 2.07. The van der Waals surface area contributed by atoms with E-state index in [0.717, 1.165) is 0 Å². The molecular weight excluding hydrogens is 382 g/mol. The van der Waals surface area contributed by atoms with Gasteiger partial charge in [0.25, 0.3) is 0 Å². The molecule has 0 radical (unpaired) electrons. The molecule has 0 atom stereocenters. The molecule has 3 N–H and O–H groups in total. The highest BCUT2D eigenvalue weighted by Crippen LogP contribution is 2.13. The van der Waals surface area contributed by atoms with E-state index >= 15 is 0 Å². The van der Waals surface area contributed by atoms with Crippen LogP contribution in [0.3, 0.4) is 0 Å². The molecule has 2 amide bonds. The van der Waals surface area contributed by atoms with E-state index in [1.807, 2.05) is 18.2 Å². The number of hydrogen-bond donors (Lipinski definition) is 3. The van der Waals surface area contributed by atoms with Gasteiger partial charge >= 0.3 is 12.0 Å². The van der Waals surface area contributed by atoms with E-state index in [2.05, 4.69) is 26.4 Å². The van der Waals surface area contributed by atoms with Gasteiger partial charge in [-0.05, 0) is 50.2 Å². The Morgan fingerprint density at radius 3 is 2.32 bits per heavy atom. The monoisotopic (exact) mass is 401 g/mol. The number of hydrogen-bond acceptors (Lipinski definition) is 6. The number of ether oxygens (including phenoxy) is 1. The number of carbonyl (C=O) groups is 2. The maximum atomic E-state index is 12.2. The first-order chi connectivity index (χ1) is 13.5. The second kappa shape index (κ2) is 10.7. The van der Waals surface area contributed by atoms with Gasteiger partial charge in [-0.25, -0.2) is 15.0 Å². The summed E-state index contributed by atoms with van der Waals surface area (Å²) >= 11 is 5.80. The first-order valence-corrected chi connectivity index (χ1v) is 8.80. The molecule has 0 bridgehead atoms. The molecule has 0 heterocycles. The molecular formula is C19H20ClN5O3. The lowest BCUT2D eigenvalue weighted by Gasteiger charge is -2.08. The minimum absolute atomic E-state index is 0.0579. The van der Waals surface area contributed by atoms with Gasteiger partial charge in [0.15, 0.2) is 5.71 Å². The van der Waals surface area contributed by atoms with Gasteiger partial charge in [0, 0.05) is 10.7 Å². The van der Waals surface area contributed by atoms with Gasteiger partial charge in [0.05, 0.1) is 18.0 Å². The van der Waals surface area contributed by atoms with Crippen LogP contribution in [0.1, 0.15) is 13.8 Å². The fraction of sp³-hybridized carbons (Fsp3) is 0.158. The van der Waals surface area contributed by atoms with Crippen LogP contribution < -0.4 is 16.2 Å². The molecule has 0 aliphatic heterocycles. The third-order valence-corrected chi connectivity index (χ3v) is 3.56. The van der Waals surface area contributed by atoms with E-state index in [9.17, 15) is 9.59 Å². The number of nitrogens with one attached hydrogen (secondary N) is 3. The number of amides is 2. The standard InChI is InChI=1S/C19H20ClN5O3/c1-3-28-18(26)17(24-23-16-7-5-4-6-8-16)13(2)22-25-19(27)21-15-11-9-14(20)10-12-15/h4-12,23H,3H2,1-2H3,(H2,21,25,27)/b22-13+,24-17-. The average molecular weight is 402 g/mol. The highest BCUT2D eigenvalue weighted by molar-refractivity contribution is 6.65. The van der Waals surface area contributed by atoms with Crippen LogP contribution in [0, 0.1) is 0 Å². The molecule has 8 nitrogen and oxygen atoms in total. The highest BCUT2D eigenvalue weighted by atomic mass is 35.5. The summed E-state index contributed by atoms with van der Waals surface area (Å²) in [4.78, 5) is 24.1. The molecule has 0 fully saturated rings. The van der Waals surface area contributed by atoms with Crippen molar-refractivity contribution < 1.29 is 14.3 Å².